The van der Waals surface area contributed by atoms with Gasteiger partial charge in [-0.25, -0.2) is 0 Å². The average molecular weight is 130 g/mol. The molecule has 3 heteroatoms. The van der Waals surface area contributed by atoms with Crippen molar-refractivity contribution < 1.29 is 13.0 Å². The summed E-state index contributed by atoms with van der Waals surface area (Å²) in [6, 6.07) is -0.453. The van der Waals surface area contributed by atoms with Gasteiger partial charge in [0.15, 0.2) is 5.75 Å². The second-order valence-corrected chi connectivity index (χ2v) is 1.31. The molecule has 0 amide bonds. The van der Waals surface area contributed by atoms with Crippen molar-refractivity contribution >= 4 is 5.69 Å². The molecule has 0 aromatic carbocycles. The molecule has 0 atom stereocenters. The maximum atomic E-state index is 7.27. The van der Waals surface area contributed by atoms with E-state index in [-0.39, 0.29) is 5.69 Å². The zero-order valence-corrected chi connectivity index (χ0v) is 4.43. The summed E-state index contributed by atoms with van der Waals surface area (Å²) in [5, 5.41) is 0. The second-order valence-electron chi connectivity index (χ2n) is 1.31. The van der Waals surface area contributed by atoms with E-state index in [0.29, 0.717) is 0 Å². The normalized spacial score (nSPS) is 20.0. The molecule has 0 saturated heterocycles. The molecule has 0 fully saturated rings. The summed E-state index contributed by atoms with van der Waals surface area (Å²) in [6.07, 6.45) is -1.06. The monoisotopic (exact) mass is 130 g/mol. The smallest absolute Gasteiger partial charge is 0.159 e. The van der Waals surface area contributed by atoms with Crippen LogP contribution in [0.1, 0.15) is 8.22 Å². The molecule has 0 spiro atoms. The number of aromatic nitrogens is 1. The van der Waals surface area contributed by atoms with Gasteiger partial charge in [-0.1, -0.05) is 0 Å². The highest BCUT2D eigenvalue weighted by Crippen LogP contribution is 2.16. The van der Waals surface area contributed by atoms with Gasteiger partial charge in [0.05, 0.1) is 27.1 Å². The molecule has 0 radical (unpaired) electrons. The largest absolute Gasteiger partial charge is 0.493 e. The van der Waals surface area contributed by atoms with Gasteiger partial charge in [-0.2, -0.15) is 0 Å². The van der Waals surface area contributed by atoms with Crippen LogP contribution in [0, 0.1) is 0 Å². The Morgan fingerprint density at radius 2 is 2.89 bits per heavy atom. The minimum absolute atomic E-state index is 0.365. The molecule has 1 heterocycles. The Morgan fingerprint density at radius 3 is 3.67 bits per heavy atom. The zero-order chi connectivity index (χ0) is 11.8. The highest BCUT2D eigenvalue weighted by molar-refractivity contribution is 5.49. The first-order valence-corrected chi connectivity index (χ1v) is 2.14. The molecule has 0 aliphatic carbocycles. The molecule has 0 unspecified atom stereocenters. The molecule has 3 nitrogen and oxygen atoms in total. The Labute approximate surface area is 61.9 Å². The van der Waals surface area contributed by atoms with Gasteiger partial charge >= 0.3 is 0 Å². The van der Waals surface area contributed by atoms with Crippen molar-refractivity contribution in [2.45, 2.75) is 0 Å². The SMILES string of the molecule is [2H]c1nc([2H])c(OC([2H])([2H])[2H])c(N)c1[2H]. The second kappa shape index (κ2) is 2.35. The minimum Gasteiger partial charge on any atom is -0.493 e. The Morgan fingerprint density at radius 1 is 2.00 bits per heavy atom. The van der Waals surface area contributed by atoms with Crippen LogP contribution in [-0.2, 0) is 0 Å². The average Bonchev–Trinajstić information content (AvgIpc) is 2.07. The quantitative estimate of drug-likeness (QED) is 0.608. The zero-order valence-electron chi connectivity index (χ0n) is 10.4. The lowest BCUT2D eigenvalue weighted by atomic mass is 10.4. The number of pyridine rings is 1. The van der Waals surface area contributed by atoms with E-state index in [4.69, 9.17) is 14.0 Å². The maximum Gasteiger partial charge on any atom is 0.159 e. The van der Waals surface area contributed by atoms with E-state index in [1.807, 2.05) is 0 Å². The molecule has 0 bridgehead atoms. The molecule has 1 aromatic heterocycles. The van der Waals surface area contributed by atoms with Crippen molar-refractivity contribution in [3.8, 4) is 5.75 Å². The Hall–Kier alpha value is -1.25. The molecule has 0 aliphatic heterocycles. The first kappa shape index (κ1) is 1.87. The predicted molar refractivity (Wildman–Crippen MR) is 35.2 cm³/mol. The lowest BCUT2D eigenvalue weighted by molar-refractivity contribution is 0.415. The molecule has 0 saturated carbocycles. The van der Waals surface area contributed by atoms with Crippen LogP contribution in [0.3, 0.4) is 0 Å². The molecule has 0 aliphatic rings. The number of nitrogens with two attached hydrogens (primary N) is 1. The van der Waals surface area contributed by atoms with Crippen LogP contribution in [0.15, 0.2) is 18.4 Å². The van der Waals surface area contributed by atoms with Crippen molar-refractivity contribution in [2.75, 3.05) is 12.8 Å². The van der Waals surface area contributed by atoms with E-state index in [1.165, 1.54) is 0 Å². The van der Waals surface area contributed by atoms with Crippen molar-refractivity contribution in [3.05, 3.63) is 18.4 Å². The molecular formula is C6H8N2O. The number of hydrogen-bond donors (Lipinski definition) is 1. The summed E-state index contributed by atoms with van der Waals surface area (Å²) in [7, 11) is -2.76. The van der Waals surface area contributed by atoms with Crippen LogP contribution >= 0.6 is 0 Å². The number of ether oxygens (including phenoxy) is 1. The molecule has 1 aromatic rings. The van der Waals surface area contributed by atoms with Crippen molar-refractivity contribution in [1.82, 2.24) is 4.98 Å². The topological polar surface area (TPSA) is 48.1 Å². The molecule has 2 N–H and O–H groups in total. The van der Waals surface area contributed by atoms with E-state index in [9.17, 15) is 0 Å². The first-order valence-electron chi connectivity index (χ1n) is 5.14. The van der Waals surface area contributed by atoms with Crippen LogP contribution in [0.25, 0.3) is 0 Å². The fraction of sp³-hybridized carbons (Fsp3) is 0.167. The van der Waals surface area contributed by atoms with Crippen molar-refractivity contribution in [3.63, 3.8) is 0 Å². The Balaban J connectivity index is 3.24. The molecule has 1 rings (SSSR count). The van der Waals surface area contributed by atoms with Gasteiger partial charge in [0, 0.05) is 6.17 Å². The summed E-state index contributed by atoms with van der Waals surface area (Å²) in [5.74, 6) is -0.490. The maximum absolute atomic E-state index is 7.27. The third kappa shape index (κ3) is 1.10. The van der Waals surface area contributed by atoms with E-state index >= 15 is 0 Å². The lowest BCUT2D eigenvalue weighted by Crippen LogP contribution is -1.91. The predicted octanol–water partition coefficient (Wildman–Crippen LogP) is 0.672. The van der Waals surface area contributed by atoms with Gasteiger partial charge in [0.1, 0.15) is 0 Å². The number of hydrogen-bond acceptors (Lipinski definition) is 3. The van der Waals surface area contributed by atoms with E-state index in [1.54, 1.807) is 0 Å². The summed E-state index contributed by atoms with van der Waals surface area (Å²) >= 11 is 0. The van der Waals surface area contributed by atoms with E-state index < -0.39 is 31.2 Å². The summed E-state index contributed by atoms with van der Waals surface area (Å²) in [4.78, 5) is 3.31. The number of anilines is 1. The number of rotatable bonds is 1. The van der Waals surface area contributed by atoms with Crippen LogP contribution in [0.5, 0.6) is 5.75 Å². The highest BCUT2D eigenvalue weighted by atomic mass is 16.5. The van der Waals surface area contributed by atoms with Gasteiger partial charge in [-0.15, -0.1) is 0 Å². The summed E-state index contributed by atoms with van der Waals surface area (Å²) < 4.78 is 46.6. The van der Waals surface area contributed by atoms with Crippen LogP contribution in [0.4, 0.5) is 5.69 Å². The first-order chi connectivity index (χ1) is 6.72. The van der Waals surface area contributed by atoms with Crippen LogP contribution in [0.2, 0.25) is 0 Å². The number of nitrogen functional groups attached to an aromatic ring is 1. The van der Waals surface area contributed by atoms with Gasteiger partial charge in [0.2, 0.25) is 0 Å². The van der Waals surface area contributed by atoms with E-state index in [2.05, 4.69) is 9.72 Å². The van der Waals surface area contributed by atoms with Crippen molar-refractivity contribution in [1.29, 1.82) is 0 Å². The summed E-state index contributed by atoms with van der Waals surface area (Å²) in [6.45, 7) is 0. The van der Waals surface area contributed by atoms with Crippen LogP contribution < -0.4 is 10.5 Å². The fourth-order valence-electron chi connectivity index (χ4n) is 0.362. The number of methoxy groups -OCH3 is 1. The van der Waals surface area contributed by atoms with Crippen LogP contribution in [-0.4, -0.2) is 12.0 Å². The lowest BCUT2D eigenvalue weighted by Gasteiger charge is -1.99. The van der Waals surface area contributed by atoms with Gasteiger partial charge in [0.25, 0.3) is 0 Å². The molecular weight excluding hydrogens is 116 g/mol. The summed E-state index contributed by atoms with van der Waals surface area (Å²) in [5.41, 5.74) is 4.98. The van der Waals surface area contributed by atoms with Gasteiger partial charge in [-0.05, 0) is 6.04 Å². The minimum atomic E-state index is -2.76. The third-order valence-corrected chi connectivity index (χ3v) is 0.751. The fourth-order valence-corrected chi connectivity index (χ4v) is 0.362. The molecule has 9 heavy (non-hydrogen) atoms. The Bertz CT molecular complexity index is 390. The standard InChI is InChI=1S/C6H8N2O/c1-9-6-4-8-3-2-5(6)7/h2-4H,1H3,(H2,7,8)/i1D3,2D,3D,4D. The van der Waals surface area contributed by atoms with Gasteiger partial charge < -0.3 is 10.5 Å². The highest BCUT2D eigenvalue weighted by Gasteiger charge is 1.92. The Kier molecular flexibility index (Phi) is 0.487. The third-order valence-electron chi connectivity index (χ3n) is 0.751. The number of nitrogens with zero attached hydrogens (tertiary/aromatic N) is 1. The van der Waals surface area contributed by atoms with Gasteiger partial charge in [-0.3, -0.25) is 4.98 Å². The van der Waals surface area contributed by atoms with Crippen molar-refractivity contribution in [2.24, 2.45) is 0 Å². The molecule has 48 valence electrons. The van der Waals surface area contributed by atoms with E-state index in [0.717, 1.165) is 0 Å².